The molecule has 0 spiro atoms. The summed E-state index contributed by atoms with van der Waals surface area (Å²) in [6.45, 7) is 12.9. The average Bonchev–Trinajstić information content (AvgIpc) is 3.12. The van der Waals surface area contributed by atoms with Gasteiger partial charge < -0.3 is 14.9 Å². The Kier molecular flexibility index (Phi) is 11.0. The maximum absolute atomic E-state index is 2.97. The van der Waals surface area contributed by atoms with Crippen LogP contribution in [0, 0.1) is 56.4 Å². The summed E-state index contributed by atoms with van der Waals surface area (Å²) < 4.78 is 0. The fraction of sp³-hybridized carbons (Fsp3) is 0.231. The standard InChI is InChI=1S/2C12H13.2CH3.Si.Ti/c2*1-8-4-10(3)12-7-9(2)6-11(12)5-8;;;;/h2*4-7H,1-3H3;2*1H3;;/q4*-1;;. The molecule has 0 bridgehead atoms. The molecule has 0 N–H and O–H groups in total. The number of rotatable bonds is 0. The van der Waals surface area contributed by atoms with Crippen molar-refractivity contribution in [3.63, 3.8) is 0 Å². The summed E-state index contributed by atoms with van der Waals surface area (Å²) >= 11 is 1.81. The molecule has 0 saturated heterocycles. The zero-order valence-electron chi connectivity index (χ0n) is 18.6. The zero-order chi connectivity index (χ0) is 19.4. The Balaban J connectivity index is 0.000000449. The minimum absolute atomic E-state index is 0. The van der Waals surface area contributed by atoms with Crippen molar-refractivity contribution in [3.05, 3.63) is 96.8 Å². The summed E-state index contributed by atoms with van der Waals surface area (Å²) in [4.78, 5) is 0. The van der Waals surface area contributed by atoms with Crippen LogP contribution in [0.15, 0.2) is 48.5 Å². The van der Waals surface area contributed by atoms with Gasteiger partial charge in [-0.1, -0.05) is 48.2 Å². The van der Waals surface area contributed by atoms with Crippen LogP contribution < -0.4 is 0 Å². The van der Waals surface area contributed by atoms with E-state index in [1.807, 2.05) is 0 Å². The number of hydrogen-bond acceptors (Lipinski definition) is 0. The Labute approximate surface area is 186 Å². The first-order valence-corrected chi connectivity index (χ1v) is 11.7. The third-order valence-electron chi connectivity index (χ3n) is 4.64. The monoisotopic (exact) mass is 420 g/mol. The van der Waals surface area contributed by atoms with Crippen LogP contribution in [0.5, 0.6) is 0 Å². The van der Waals surface area contributed by atoms with Gasteiger partial charge in [-0.05, 0) is 27.7 Å². The van der Waals surface area contributed by atoms with Crippen molar-refractivity contribution in [1.82, 2.24) is 0 Å². The van der Waals surface area contributed by atoms with Crippen molar-refractivity contribution in [2.45, 2.75) is 41.5 Å². The molecule has 4 aromatic rings. The second-order valence-electron chi connectivity index (χ2n) is 7.23. The normalized spacial score (nSPS) is 9.46. The van der Waals surface area contributed by atoms with E-state index in [1.54, 1.807) is 19.2 Å². The average molecular weight is 420 g/mol. The maximum atomic E-state index is 2.97. The Morgan fingerprint density at radius 2 is 0.893 bits per heavy atom. The third kappa shape index (κ3) is 6.30. The van der Waals surface area contributed by atoms with Crippen LogP contribution in [-0.4, -0.2) is 7.63 Å². The van der Waals surface area contributed by atoms with Gasteiger partial charge in [0.2, 0.25) is 0 Å². The van der Waals surface area contributed by atoms with Gasteiger partial charge in [-0.25, -0.2) is 0 Å². The first-order chi connectivity index (χ1) is 12.3. The van der Waals surface area contributed by atoms with Gasteiger partial charge in [-0.2, -0.15) is 12.1 Å². The Morgan fingerprint density at radius 1 is 0.571 bits per heavy atom. The Hall–Kier alpha value is -1.41. The molecule has 0 nitrogen and oxygen atoms in total. The Morgan fingerprint density at radius 3 is 1.21 bits per heavy atom. The SMILES string of the molecule is Cc1cc(C)c2cc(C)[cH-]c2c1.Cc1cc(C)c2cc(C)[cH-]c2c1.[CH3-].[CH3-].[Si]=[Ti]. The van der Waals surface area contributed by atoms with Gasteiger partial charge in [0.25, 0.3) is 0 Å². The van der Waals surface area contributed by atoms with Gasteiger partial charge in [0.05, 0.1) is 0 Å². The molecule has 148 valence electrons. The van der Waals surface area contributed by atoms with Crippen LogP contribution >= 0.6 is 0 Å². The fourth-order valence-electron chi connectivity index (χ4n) is 3.69. The van der Waals surface area contributed by atoms with E-state index in [0.717, 1.165) is 0 Å². The fourth-order valence-corrected chi connectivity index (χ4v) is 3.69. The molecule has 0 aliphatic carbocycles. The van der Waals surface area contributed by atoms with Crippen LogP contribution in [0.25, 0.3) is 21.5 Å². The summed E-state index contributed by atoms with van der Waals surface area (Å²) in [5.41, 5.74) is 8.20. The van der Waals surface area contributed by atoms with E-state index in [2.05, 4.69) is 97.7 Å². The molecule has 0 atom stereocenters. The number of fused-ring (bicyclic) bond motifs is 2. The molecule has 0 saturated carbocycles. The van der Waals surface area contributed by atoms with Crippen molar-refractivity contribution in [2.24, 2.45) is 0 Å². The van der Waals surface area contributed by atoms with Crippen LogP contribution in [0.3, 0.4) is 0 Å². The van der Waals surface area contributed by atoms with Crippen LogP contribution in [-0.2, 0) is 19.2 Å². The number of benzene rings is 2. The van der Waals surface area contributed by atoms with E-state index in [4.69, 9.17) is 0 Å². The van der Waals surface area contributed by atoms with Crippen molar-refractivity contribution in [2.75, 3.05) is 0 Å². The van der Waals surface area contributed by atoms with E-state index in [-0.39, 0.29) is 14.9 Å². The van der Waals surface area contributed by atoms with Crippen molar-refractivity contribution < 1.29 is 19.2 Å². The molecule has 4 rings (SSSR count). The molecule has 0 aliphatic rings. The molecular formula is C26H32SiTi-4. The van der Waals surface area contributed by atoms with Crippen molar-refractivity contribution in [1.29, 1.82) is 0 Å². The minimum atomic E-state index is 0. The third-order valence-corrected chi connectivity index (χ3v) is 4.64. The zero-order valence-corrected chi connectivity index (χ0v) is 21.2. The molecule has 0 aliphatic heterocycles. The van der Waals surface area contributed by atoms with E-state index >= 15 is 0 Å². The van der Waals surface area contributed by atoms with Gasteiger partial charge in [0, 0.05) is 0 Å². The topological polar surface area (TPSA) is 0 Å². The summed E-state index contributed by atoms with van der Waals surface area (Å²) in [6.07, 6.45) is 0. The summed E-state index contributed by atoms with van der Waals surface area (Å²) in [6, 6.07) is 18.0. The summed E-state index contributed by atoms with van der Waals surface area (Å²) in [5.74, 6) is 0. The molecule has 0 amide bonds. The summed E-state index contributed by atoms with van der Waals surface area (Å²) in [5, 5.41) is 5.56. The van der Waals surface area contributed by atoms with Crippen molar-refractivity contribution >= 4 is 29.2 Å². The molecule has 28 heavy (non-hydrogen) atoms. The number of aryl methyl sites for hydroxylation is 6. The quantitative estimate of drug-likeness (QED) is 0.204. The predicted octanol–water partition coefficient (Wildman–Crippen LogP) is 7.49. The Bertz CT molecular complexity index is 950. The molecule has 4 aromatic carbocycles. The number of hydrogen-bond donors (Lipinski definition) is 0. The van der Waals surface area contributed by atoms with Crippen LogP contribution in [0.1, 0.15) is 33.4 Å². The molecule has 0 heterocycles. The van der Waals surface area contributed by atoms with Crippen molar-refractivity contribution in [3.8, 4) is 0 Å². The molecule has 0 unspecified atom stereocenters. The van der Waals surface area contributed by atoms with Gasteiger partial charge in [-0.3, -0.25) is 0 Å². The summed E-state index contributed by atoms with van der Waals surface area (Å²) in [7, 11) is 2.97. The van der Waals surface area contributed by atoms with E-state index in [0.29, 0.717) is 0 Å². The first kappa shape index (κ1) is 26.6. The molecule has 2 radical (unpaired) electrons. The second kappa shape index (κ2) is 11.6. The van der Waals surface area contributed by atoms with Crippen LogP contribution in [0.2, 0.25) is 0 Å². The molecular weight excluding hydrogens is 388 g/mol. The second-order valence-corrected chi connectivity index (χ2v) is 7.23. The van der Waals surface area contributed by atoms with Gasteiger partial charge in [0.1, 0.15) is 0 Å². The van der Waals surface area contributed by atoms with E-state index < -0.39 is 0 Å². The van der Waals surface area contributed by atoms with Gasteiger partial charge in [-0.15, -0.1) is 56.9 Å². The van der Waals surface area contributed by atoms with E-state index in [9.17, 15) is 0 Å². The molecule has 0 aromatic heterocycles. The molecule has 2 heteroatoms. The van der Waals surface area contributed by atoms with Gasteiger partial charge >= 0.3 is 26.8 Å². The first-order valence-electron chi connectivity index (χ1n) is 8.87. The predicted molar refractivity (Wildman–Crippen MR) is 126 cm³/mol. The van der Waals surface area contributed by atoms with Crippen LogP contribution in [0.4, 0.5) is 0 Å². The molecule has 0 fully saturated rings. The van der Waals surface area contributed by atoms with Gasteiger partial charge in [0.15, 0.2) is 0 Å². The van der Waals surface area contributed by atoms with E-state index in [1.165, 1.54) is 54.9 Å².